The van der Waals surface area contributed by atoms with Crippen LogP contribution >= 0.6 is 11.6 Å². The molecule has 5 heteroatoms. The summed E-state index contributed by atoms with van der Waals surface area (Å²) in [5.74, 6) is -0.912. The molecule has 0 saturated carbocycles. The molecule has 4 nitrogen and oxygen atoms in total. The molecule has 1 aromatic rings. The molecule has 0 bridgehead atoms. The smallest absolute Gasteiger partial charge is 0.311 e. The lowest BCUT2D eigenvalue weighted by molar-refractivity contribution is -0.149. The standard InChI is InChI=1S/C14H17ClN2O2/c1-13(2,12(18)19)14(3,4)17-11-7-5-6-10(15)9(11)8-16/h5-7,17H,1-4H3,(H,18,19). The van der Waals surface area contributed by atoms with Crippen LogP contribution in [0.5, 0.6) is 0 Å². The largest absolute Gasteiger partial charge is 0.481 e. The first-order valence-corrected chi connectivity index (χ1v) is 6.21. The molecule has 1 aromatic carbocycles. The number of anilines is 1. The Hall–Kier alpha value is -1.73. The Morgan fingerprint density at radius 1 is 1.37 bits per heavy atom. The molecule has 1 rings (SSSR count). The SMILES string of the molecule is CC(C)(Nc1cccc(Cl)c1C#N)C(C)(C)C(=O)O. The maximum absolute atomic E-state index is 11.3. The summed E-state index contributed by atoms with van der Waals surface area (Å²) in [4.78, 5) is 11.3. The zero-order chi connectivity index (χ0) is 14.8. The van der Waals surface area contributed by atoms with Crippen molar-refractivity contribution >= 4 is 23.3 Å². The van der Waals surface area contributed by atoms with Gasteiger partial charge >= 0.3 is 5.97 Å². The highest BCUT2D eigenvalue weighted by molar-refractivity contribution is 6.32. The van der Waals surface area contributed by atoms with Crippen LogP contribution in [-0.2, 0) is 4.79 Å². The van der Waals surface area contributed by atoms with E-state index in [1.54, 1.807) is 45.9 Å². The molecular formula is C14H17ClN2O2. The van der Waals surface area contributed by atoms with Crippen molar-refractivity contribution in [1.29, 1.82) is 5.26 Å². The van der Waals surface area contributed by atoms with Crippen LogP contribution < -0.4 is 5.32 Å². The zero-order valence-corrected chi connectivity index (χ0v) is 12.2. The van der Waals surface area contributed by atoms with Gasteiger partial charge in [-0.05, 0) is 39.8 Å². The van der Waals surface area contributed by atoms with E-state index in [0.29, 0.717) is 16.3 Å². The summed E-state index contributed by atoms with van der Waals surface area (Å²) in [7, 11) is 0. The number of nitrogens with one attached hydrogen (secondary N) is 1. The molecule has 0 heterocycles. The second-order valence-corrected chi connectivity index (χ2v) is 5.86. The minimum absolute atomic E-state index is 0.318. The van der Waals surface area contributed by atoms with Gasteiger partial charge < -0.3 is 10.4 Å². The number of aliphatic carboxylic acids is 1. The van der Waals surface area contributed by atoms with E-state index in [2.05, 4.69) is 5.32 Å². The van der Waals surface area contributed by atoms with E-state index in [1.165, 1.54) is 0 Å². The average molecular weight is 281 g/mol. The number of carbonyl (C=O) groups is 1. The summed E-state index contributed by atoms with van der Waals surface area (Å²) in [5.41, 5.74) is -0.912. The van der Waals surface area contributed by atoms with E-state index in [4.69, 9.17) is 16.9 Å². The van der Waals surface area contributed by atoms with E-state index in [-0.39, 0.29) is 0 Å². The molecule has 0 amide bonds. The molecule has 0 aliphatic carbocycles. The molecule has 2 N–H and O–H groups in total. The van der Waals surface area contributed by atoms with E-state index in [9.17, 15) is 9.90 Å². The van der Waals surface area contributed by atoms with Crippen molar-refractivity contribution in [2.45, 2.75) is 33.2 Å². The summed E-state index contributed by atoms with van der Waals surface area (Å²) in [6.07, 6.45) is 0. The Kier molecular flexibility index (Phi) is 4.12. The van der Waals surface area contributed by atoms with Gasteiger partial charge in [-0.2, -0.15) is 5.26 Å². The van der Waals surface area contributed by atoms with Gasteiger partial charge in [-0.25, -0.2) is 0 Å². The van der Waals surface area contributed by atoms with Crippen molar-refractivity contribution in [2.24, 2.45) is 5.41 Å². The van der Waals surface area contributed by atoms with Crippen LogP contribution in [0.2, 0.25) is 5.02 Å². The Morgan fingerprint density at radius 3 is 2.42 bits per heavy atom. The fourth-order valence-corrected chi connectivity index (χ4v) is 1.72. The van der Waals surface area contributed by atoms with Gasteiger partial charge in [-0.15, -0.1) is 0 Å². The predicted octanol–water partition coefficient (Wildman–Crippen LogP) is 3.51. The topological polar surface area (TPSA) is 73.1 Å². The maximum atomic E-state index is 11.3. The Balaban J connectivity index is 3.20. The quantitative estimate of drug-likeness (QED) is 0.885. The highest BCUT2D eigenvalue weighted by Crippen LogP contribution is 2.35. The normalized spacial score (nSPS) is 11.8. The van der Waals surface area contributed by atoms with Crippen LogP contribution in [-0.4, -0.2) is 16.6 Å². The number of carboxylic acid groups (broad SMARTS) is 1. The Morgan fingerprint density at radius 2 is 1.95 bits per heavy atom. The first kappa shape index (κ1) is 15.3. The molecule has 0 spiro atoms. The minimum atomic E-state index is -1.01. The van der Waals surface area contributed by atoms with Gasteiger partial charge in [0.2, 0.25) is 0 Å². The first-order chi connectivity index (χ1) is 8.63. The number of rotatable bonds is 4. The van der Waals surface area contributed by atoms with Crippen molar-refractivity contribution in [3.05, 3.63) is 28.8 Å². The van der Waals surface area contributed by atoms with Gasteiger partial charge in [0.05, 0.1) is 21.7 Å². The highest BCUT2D eigenvalue weighted by atomic mass is 35.5. The third-order valence-electron chi connectivity index (χ3n) is 3.67. The van der Waals surface area contributed by atoms with Crippen LogP contribution in [0.1, 0.15) is 33.3 Å². The van der Waals surface area contributed by atoms with Gasteiger partial charge in [-0.1, -0.05) is 17.7 Å². The van der Waals surface area contributed by atoms with E-state index in [1.807, 2.05) is 6.07 Å². The third kappa shape index (κ3) is 2.82. The van der Waals surface area contributed by atoms with Crippen LogP contribution in [0.4, 0.5) is 5.69 Å². The van der Waals surface area contributed by atoms with Crippen molar-refractivity contribution in [1.82, 2.24) is 0 Å². The average Bonchev–Trinajstić information content (AvgIpc) is 2.28. The van der Waals surface area contributed by atoms with E-state index >= 15 is 0 Å². The van der Waals surface area contributed by atoms with Gasteiger partial charge in [0, 0.05) is 5.54 Å². The fraction of sp³-hybridized carbons (Fsp3) is 0.429. The lowest BCUT2D eigenvalue weighted by atomic mass is 9.74. The van der Waals surface area contributed by atoms with Crippen molar-refractivity contribution in [3.8, 4) is 6.07 Å². The molecule has 19 heavy (non-hydrogen) atoms. The molecule has 0 atom stereocenters. The molecule has 0 aliphatic rings. The number of hydrogen-bond acceptors (Lipinski definition) is 3. The maximum Gasteiger partial charge on any atom is 0.311 e. The lowest BCUT2D eigenvalue weighted by Crippen LogP contribution is -2.50. The van der Waals surface area contributed by atoms with E-state index < -0.39 is 16.9 Å². The summed E-state index contributed by atoms with van der Waals surface area (Å²) in [5, 5.41) is 21.9. The summed E-state index contributed by atoms with van der Waals surface area (Å²) >= 11 is 5.96. The minimum Gasteiger partial charge on any atom is -0.481 e. The van der Waals surface area contributed by atoms with E-state index in [0.717, 1.165) is 0 Å². The number of benzene rings is 1. The monoisotopic (exact) mass is 280 g/mol. The van der Waals surface area contributed by atoms with Crippen LogP contribution in [0.3, 0.4) is 0 Å². The molecule has 0 radical (unpaired) electrons. The lowest BCUT2D eigenvalue weighted by Gasteiger charge is -2.39. The molecule has 0 saturated heterocycles. The number of hydrogen-bond donors (Lipinski definition) is 2. The Labute approximate surface area is 118 Å². The number of nitrogens with zero attached hydrogens (tertiary/aromatic N) is 1. The summed E-state index contributed by atoms with van der Waals surface area (Å²) < 4.78 is 0. The molecule has 0 unspecified atom stereocenters. The van der Waals surface area contributed by atoms with Crippen LogP contribution in [0, 0.1) is 16.7 Å². The Bertz CT molecular complexity index is 545. The van der Waals surface area contributed by atoms with Crippen molar-refractivity contribution in [3.63, 3.8) is 0 Å². The third-order valence-corrected chi connectivity index (χ3v) is 3.98. The number of nitriles is 1. The summed E-state index contributed by atoms with van der Waals surface area (Å²) in [6, 6.07) is 7.08. The van der Waals surface area contributed by atoms with Crippen LogP contribution in [0.15, 0.2) is 18.2 Å². The zero-order valence-electron chi connectivity index (χ0n) is 11.4. The van der Waals surface area contributed by atoms with Gasteiger partial charge in [0.25, 0.3) is 0 Å². The van der Waals surface area contributed by atoms with Crippen LogP contribution in [0.25, 0.3) is 0 Å². The summed E-state index contributed by atoms with van der Waals surface area (Å²) in [6.45, 7) is 6.84. The first-order valence-electron chi connectivity index (χ1n) is 5.83. The second kappa shape index (κ2) is 5.10. The predicted molar refractivity (Wildman–Crippen MR) is 75.3 cm³/mol. The van der Waals surface area contributed by atoms with Crippen molar-refractivity contribution < 1.29 is 9.90 Å². The molecular weight excluding hydrogens is 264 g/mol. The molecule has 0 fully saturated rings. The number of carboxylic acids is 1. The fourth-order valence-electron chi connectivity index (χ4n) is 1.50. The second-order valence-electron chi connectivity index (χ2n) is 5.45. The van der Waals surface area contributed by atoms with Gasteiger partial charge in [-0.3, -0.25) is 4.79 Å². The van der Waals surface area contributed by atoms with Crippen molar-refractivity contribution in [2.75, 3.05) is 5.32 Å². The highest BCUT2D eigenvalue weighted by Gasteiger charge is 2.43. The van der Waals surface area contributed by atoms with Gasteiger partial charge in [0.15, 0.2) is 0 Å². The number of halogens is 1. The molecule has 0 aliphatic heterocycles. The van der Waals surface area contributed by atoms with Gasteiger partial charge in [0.1, 0.15) is 6.07 Å². The molecule has 0 aromatic heterocycles. The molecule has 102 valence electrons.